The van der Waals surface area contributed by atoms with E-state index in [9.17, 15) is 14.3 Å². The first-order valence-electron chi connectivity index (χ1n) is 11.3. The lowest BCUT2D eigenvalue weighted by Gasteiger charge is -2.19. The van der Waals surface area contributed by atoms with Gasteiger partial charge in [-0.2, -0.15) is 0 Å². The highest BCUT2D eigenvalue weighted by Gasteiger charge is 2.21. The molecule has 9 heteroatoms. The van der Waals surface area contributed by atoms with Gasteiger partial charge in [0, 0.05) is 18.0 Å². The Hall–Kier alpha value is -3.62. The number of aliphatic hydroxyl groups is 1. The highest BCUT2D eigenvalue weighted by Crippen LogP contribution is 2.29. The Morgan fingerprint density at radius 3 is 2.47 bits per heavy atom. The first kappa shape index (κ1) is 25.5. The summed E-state index contributed by atoms with van der Waals surface area (Å²) in [5.41, 5.74) is 3.47. The molecule has 4 aromatic rings. The van der Waals surface area contributed by atoms with E-state index >= 15 is 0 Å². The highest BCUT2D eigenvalue weighted by atomic mass is 35.5. The number of ether oxygens (including phenoxy) is 1. The molecule has 0 bridgehead atoms. The summed E-state index contributed by atoms with van der Waals surface area (Å²) in [6.45, 7) is 8.91. The van der Waals surface area contributed by atoms with E-state index in [-0.39, 0.29) is 17.4 Å². The maximum absolute atomic E-state index is 13.3. The van der Waals surface area contributed by atoms with E-state index in [2.05, 4.69) is 15.0 Å². The summed E-state index contributed by atoms with van der Waals surface area (Å²) in [5.74, 6) is -0.233. The molecular formula is C27H26ClFN4O3. The number of rotatable bonds is 6. The van der Waals surface area contributed by atoms with Gasteiger partial charge in [-0.3, -0.25) is 19.3 Å². The van der Waals surface area contributed by atoms with Crippen molar-refractivity contribution in [2.75, 3.05) is 0 Å². The number of halogens is 2. The summed E-state index contributed by atoms with van der Waals surface area (Å²) >= 11 is 6.42. The van der Waals surface area contributed by atoms with Crippen LogP contribution in [0.3, 0.4) is 0 Å². The van der Waals surface area contributed by atoms with Crippen LogP contribution in [0.4, 0.5) is 4.39 Å². The van der Waals surface area contributed by atoms with Crippen molar-refractivity contribution >= 4 is 11.6 Å². The lowest BCUT2D eigenvalue weighted by Crippen LogP contribution is -2.23. The number of aromatic nitrogens is 4. The van der Waals surface area contributed by atoms with Crippen molar-refractivity contribution < 1.29 is 14.2 Å². The van der Waals surface area contributed by atoms with Gasteiger partial charge in [0.1, 0.15) is 28.8 Å². The van der Waals surface area contributed by atoms with E-state index < -0.39 is 17.0 Å². The third-order valence-electron chi connectivity index (χ3n) is 5.75. The summed E-state index contributed by atoms with van der Waals surface area (Å²) in [4.78, 5) is 26.5. The molecular weight excluding hydrogens is 483 g/mol. The lowest BCUT2D eigenvalue weighted by atomic mass is 10.0. The maximum Gasteiger partial charge on any atom is 0.277 e. The van der Waals surface area contributed by atoms with E-state index in [0.717, 1.165) is 17.3 Å². The molecule has 186 valence electrons. The van der Waals surface area contributed by atoms with Gasteiger partial charge in [-0.05, 0) is 70.0 Å². The average Bonchev–Trinajstić information content (AvgIpc) is 2.82. The van der Waals surface area contributed by atoms with Gasteiger partial charge >= 0.3 is 0 Å². The molecule has 0 amide bonds. The monoisotopic (exact) mass is 508 g/mol. The van der Waals surface area contributed by atoms with Crippen LogP contribution >= 0.6 is 11.6 Å². The molecule has 0 spiro atoms. The molecule has 1 N–H and O–H groups in total. The number of pyridine rings is 4. The zero-order valence-electron chi connectivity index (χ0n) is 20.6. The van der Waals surface area contributed by atoms with Gasteiger partial charge in [0.05, 0.1) is 34.7 Å². The standard InChI is InChI=1S/C27H26ClFN4O3/c1-15-6-9-23(27(4,5)35)32-25(15)20-11-21(16(2)12-31-20)33-17(3)10-22(24(28)26(33)34)36-14-19-8-7-18(29)13-30-19/h6-13,35H,14H2,1-5H3. The van der Waals surface area contributed by atoms with Crippen LogP contribution < -0.4 is 10.3 Å². The largest absolute Gasteiger partial charge is 0.485 e. The second-order valence-electron chi connectivity index (χ2n) is 9.14. The van der Waals surface area contributed by atoms with Crippen LogP contribution in [0.2, 0.25) is 5.02 Å². The van der Waals surface area contributed by atoms with E-state index in [1.807, 2.05) is 19.9 Å². The van der Waals surface area contributed by atoms with Crippen LogP contribution in [0.1, 0.15) is 42.1 Å². The second kappa shape index (κ2) is 9.79. The van der Waals surface area contributed by atoms with Crippen molar-refractivity contribution in [1.82, 2.24) is 19.5 Å². The van der Waals surface area contributed by atoms with Crippen LogP contribution in [0.15, 0.2) is 53.6 Å². The van der Waals surface area contributed by atoms with E-state index in [4.69, 9.17) is 16.3 Å². The minimum atomic E-state index is -1.11. The number of hydrogen-bond acceptors (Lipinski definition) is 6. The first-order valence-corrected chi connectivity index (χ1v) is 11.7. The van der Waals surface area contributed by atoms with Gasteiger partial charge in [-0.1, -0.05) is 17.7 Å². The minimum absolute atomic E-state index is 0.0316. The molecule has 0 aliphatic carbocycles. The normalized spacial score (nSPS) is 11.6. The second-order valence-corrected chi connectivity index (χ2v) is 9.52. The van der Waals surface area contributed by atoms with Crippen molar-refractivity contribution in [1.29, 1.82) is 0 Å². The van der Waals surface area contributed by atoms with Crippen LogP contribution in [-0.2, 0) is 12.2 Å². The summed E-state index contributed by atoms with van der Waals surface area (Å²) in [6, 6.07) is 9.91. The molecule has 0 unspecified atom stereocenters. The molecule has 0 saturated carbocycles. The minimum Gasteiger partial charge on any atom is -0.485 e. The van der Waals surface area contributed by atoms with Crippen molar-refractivity contribution in [3.8, 4) is 22.8 Å². The summed E-state index contributed by atoms with van der Waals surface area (Å²) in [7, 11) is 0. The fraction of sp³-hybridized carbons (Fsp3) is 0.259. The molecule has 0 aromatic carbocycles. The predicted molar refractivity (Wildman–Crippen MR) is 136 cm³/mol. The van der Waals surface area contributed by atoms with Crippen molar-refractivity contribution in [2.45, 2.75) is 46.8 Å². The van der Waals surface area contributed by atoms with E-state index in [0.29, 0.717) is 34.2 Å². The molecule has 7 nitrogen and oxygen atoms in total. The van der Waals surface area contributed by atoms with E-state index in [1.165, 1.54) is 16.7 Å². The Bertz CT molecular complexity index is 1500. The van der Waals surface area contributed by atoms with Crippen LogP contribution in [0.5, 0.6) is 5.75 Å². The lowest BCUT2D eigenvalue weighted by molar-refractivity contribution is 0.0739. The predicted octanol–water partition coefficient (Wildman–Crippen LogP) is 5.21. The summed E-state index contributed by atoms with van der Waals surface area (Å²) < 4.78 is 20.3. The third kappa shape index (κ3) is 5.15. The molecule has 0 saturated heterocycles. The van der Waals surface area contributed by atoms with Crippen LogP contribution in [-0.4, -0.2) is 24.6 Å². The Morgan fingerprint density at radius 2 is 1.81 bits per heavy atom. The Morgan fingerprint density at radius 1 is 1.06 bits per heavy atom. The topological polar surface area (TPSA) is 90.1 Å². The SMILES string of the molecule is Cc1cnc(-c2nc(C(C)(C)O)ccc2C)cc1-n1c(C)cc(OCc2ccc(F)cn2)c(Cl)c1=O. The van der Waals surface area contributed by atoms with Gasteiger partial charge in [-0.15, -0.1) is 0 Å². The smallest absolute Gasteiger partial charge is 0.277 e. The molecule has 0 fully saturated rings. The molecule has 0 aliphatic rings. The van der Waals surface area contributed by atoms with Gasteiger partial charge in [0.25, 0.3) is 5.56 Å². The quantitative estimate of drug-likeness (QED) is 0.384. The molecule has 0 aliphatic heterocycles. The zero-order valence-corrected chi connectivity index (χ0v) is 21.4. The molecule has 0 atom stereocenters. The molecule has 4 aromatic heterocycles. The van der Waals surface area contributed by atoms with Gasteiger partial charge in [-0.25, -0.2) is 9.37 Å². The fourth-order valence-electron chi connectivity index (χ4n) is 3.74. The highest BCUT2D eigenvalue weighted by molar-refractivity contribution is 6.31. The first-order chi connectivity index (χ1) is 17.0. The molecule has 4 heterocycles. The number of hydrogen-bond donors (Lipinski definition) is 1. The van der Waals surface area contributed by atoms with Crippen molar-refractivity contribution in [3.05, 3.63) is 98.2 Å². The van der Waals surface area contributed by atoms with Gasteiger partial charge in [0.15, 0.2) is 0 Å². The summed E-state index contributed by atoms with van der Waals surface area (Å²) in [6.07, 6.45) is 2.77. The van der Waals surface area contributed by atoms with Gasteiger partial charge in [0.2, 0.25) is 0 Å². The molecule has 0 radical (unpaired) electrons. The Balaban J connectivity index is 1.75. The fourth-order valence-corrected chi connectivity index (χ4v) is 3.94. The number of nitrogens with zero attached hydrogens (tertiary/aromatic N) is 4. The zero-order chi connectivity index (χ0) is 26.2. The third-order valence-corrected chi connectivity index (χ3v) is 6.09. The van der Waals surface area contributed by atoms with Crippen molar-refractivity contribution in [2.24, 2.45) is 0 Å². The van der Waals surface area contributed by atoms with Crippen LogP contribution in [0.25, 0.3) is 17.1 Å². The molecule has 36 heavy (non-hydrogen) atoms. The van der Waals surface area contributed by atoms with Gasteiger partial charge < -0.3 is 9.84 Å². The molecule has 4 rings (SSSR count). The Kier molecular flexibility index (Phi) is 6.93. The van der Waals surface area contributed by atoms with E-state index in [1.54, 1.807) is 45.2 Å². The van der Waals surface area contributed by atoms with Crippen LogP contribution in [0, 0.1) is 26.6 Å². The Labute approximate surface area is 213 Å². The summed E-state index contributed by atoms with van der Waals surface area (Å²) in [5, 5.41) is 10.3. The average molecular weight is 509 g/mol. The van der Waals surface area contributed by atoms with Crippen molar-refractivity contribution in [3.63, 3.8) is 0 Å². The maximum atomic E-state index is 13.3. The number of aryl methyl sites for hydroxylation is 3.